The molecule has 0 atom stereocenters. The SMILES string of the molecule is CC(C)=CCC/C(C)=C/Cn1cc(CC(F)(P(=O)([O-])[O-])P(=O)([O-])[O-])nn1.[Na+].[Na+].[Na+].[Na+]. The molecule has 0 amide bonds. The summed E-state index contributed by atoms with van der Waals surface area (Å²) in [4.78, 5) is 43.7. The number of rotatable bonds is 9. The summed E-state index contributed by atoms with van der Waals surface area (Å²) in [6.45, 7) is 6.11. The molecule has 0 unspecified atom stereocenters. The van der Waals surface area contributed by atoms with Gasteiger partial charge in [-0.3, -0.25) is 0 Å². The average Bonchev–Trinajstić information content (AvgIpc) is 2.89. The van der Waals surface area contributed by atoms with Crippen LogP contribution in [0.15, 0.2) is 29.5 Å². The zero-order valence-corrected chi connectivity index (χ0v) is 28.4. The molecule has 0 saturated heterocycles. The molecule has 0 saturated carbocycles. The van der Waals surface area contributed by atoms with Crippen LogP contribution in [-0.2, 0) is 22.1 Å². The van der Waals surface area contributed by atoms with Gasteiger partial charge in [0, 0.05) is 12.6 Å². The molecule has 0 aromatic carbocycles. The van der Waals surface area contributed by atoms with Crippen molar-refractivity contribution in [2.45, 2.75) is 51.7 Å². The molecule has 0 aliphatic heterocycles. The van der Waals surface area contributed by atoms with Gasteiger partial charge in [-0.05, 0) is 48.8 Å². The van der Waals surface area contributed by atoms with Crippen molar-refractivity contribution in [3.05, 3.63) is 35.2 Å². The summed E-state index contributed by atoms with van der Waals surface area (Å²) >= 11 is 0. The number of aromatic nitrogens is 3. The second kappa shape index (κ2) is 17.3. The first-order valence-electron chi connectivity index (χ1n) is 7.67. The molecular formula is C14H20FN3Na4O6P2. The van der Waals surface area contributed by atoms with Crippen LogP contribution in [0.4, 0.5) is 4.39 Å². The van der Waals surface area contributed by atoms with E-state index in [1.165, 1.54) is 10.3 Å². The predicted molar refractivity (Wildman–Crippen MR) is 85.2 cm³/mol. The fraction of sp³-hybridized carbons (Fsp3) is 0.571. The minimum absolute atomic E-state index is 0. The van der Waals surface area contributed by atoms with Crippen molar-refractivity contribution >= 4 is 15.2 Å². The van der Waals surface area contributed by atoms with Gasteiger partial charge < -0.3 is 28.7 Å². The first-order chi connectivity index (χ1) is 11.8. The minimum atomic E-state index is -6.37. The van der Waals surface area contributed by atoms with Gasteiger partial charge in [-0.25, -0.2) is 9.07 Å². The maximum atomic E-state index is 14.1. The molecule has 0 bridgehead atoms. The van der Waals surface area contributed by atoms with E-state index < -0.39 is 32.5 Å². The van der Waals surface area contributed by atoms with Gasteiger partial charge in [0.25, 0.3) is 0 Å². The summed E-state index contributed by atoms with van der Waals surface area (Å²) in [7, 11) is -12.7. The van der Waals surface area contributed by atoms with Gasteiger partial charge in [0.05, 0.1) is 12.2 Å². The molecule has 9 nitrogen and oxygen atoms in total. The summed E-state index contributed by atoms with van der Waals surface area (Å²) in [5.74, 6) is 0. The first-order valence-corrected chi connectivity index (χ1v) is 10.8. The van der Waals surface area contributed by atoms with E-state index in [0.29, 0.717) is 0 Å². The van der Waals surface area contributed by atoms with Gasteiger partial charge in [-0.2, -0.15) is 0 Å². The van der Waals surface area contributed by atoms with Crippen LogP contribution in [0, 0.1) is 0 Å². The van der Waals surface area contributed by atoms with Gasteiger partial charge in [0.1, 0.15) is 0 Å². The number of alkyl halides is 1. The molecule has 0 N–H and O–H groups in total. The molecule has 1 rings (SSSR count). The van der Waals surface area contributed by atoms with Crippen molar-refractivity contribution in [1.82, 2.24) is 15.0 Å². The molecule has 0 aliphatic rings. The Hall–Kier alpha value is 2.85. The van der Waals surface area contributed by atoms with Crippen LogP contribution in [0.5, 0.6) is 0 Å². The zero-order chi connectivity index (χ0) is 20.2. The number of halogens is 1. The van der Waals surface area contributed by atoms with Crippen molar-refractivity contribution in [3.8, 4) is 0 Å². The van der Waals surface area contributed by atoms with Crippen LogP contribution in [0.1, 0.15) is 39.3 Å². The Labute approximate surface area is 264 Å². The van der Waals surface area contributed by atoms with E-state index in [9.17, 15) is 33.1 Å². The zero-order valence-electron chi connectivity index (χ0n) is 18.6. The first kappa shape index (κ1) is 40.0. The Morgan fingerprint density at radius 3 is 2.00 bits per heavy atom. The van der Waals surface area contributed by atoms with Crippen molar-refractivity contribution in [1.29, 1.82) is 0 Å². The summed E-state index contributed by atoms with van der Waals surface area (Å²) < 4.78 is 37.2. The van der Waals surface area contributed by atoms with E-state index in [0.717, 1.165) is 24.6 Å². The van der Waals surface area contributed by atoms with Crippen molar-refractivity contribution in [2.75, 3.05) is 0 Å². The number of hydrogen-bond donors (Lipinski definition) is 0. The average molecular weight is 499 g/mol. The maximum absolute atomic E-state index is 14.1. The summed E-state index contributed by atoms with van der Waals surface area (Å²) in [6.07, 6.45) is 5.16. The maximum Gasteiger partial charge on any atom is 1.00 e. The minimum Gasteiger partial charge on any atom is -0.808 e. The molecule has 0 aliphatic carbocycles. The normalized spacial score (nSPS) is 11.9. The Balaban J connectivity index is -0.000000845. The summed E-state index contributed by atoms with van der Waals surface area (Å²) in [5, 5.41) is 2.55. The van der Waals surface area contributed by atoms with Crippen LogP contribution in [-0.4, -0.2) is 20.1 Å². The third kappa shape index (κ3) is 13.1. The van der Waals surface area contributed by atoms with E-state index in [-0.39, 0.29) is 125 Å². The Morgan fingerprint density at radius 1 is 1.07 bits per heavy atom. The fourth-order valence-corrected chi connectivity index (χ4v) is 3.93. The molecule has 0 spiro atoms. The monoisotopic (exact) mass is 499 g/mol. The van der Waals surface area contributed by atoms with Gasteiger partial charge in [-0.15, -0.1) is 5.10 Å². The van der Waals surface area contributed by atoms with Gasteiger partial charge in [0.2, 0.25) is 0 Å². The molecule has 1 aromatic heterocycles. The third-order valence-corrected chi connectivity index (χ3v) is 7.01. The summed E-state index contributed by atoms with van der Waals surface area (Å²) in [5.41, 5.74) is 1.82. The smallest absolute Gasteiger partial charge is 0.808 e. The van der Waals surface area contributed by atoms with Crippen molar-refractivity contribution < 1.29 is 151 Å². The van der Waals surface area contributed by atoms with E-state index in [1.54, 1.807) is 0 Å². The largest absolute Gasteiger partial charge is 1.00 e. The van der Waals surface area contributed by atoms with Crippen LogP contribution in [0.2, 0.25) is 0 Å². The molecule has 16 heteroatoms. The fourth-order valence-electron chi connectivity index (χ4n) is 2.02. The third-order valence-electron chi connectivity index (χ3n) is 3.55. The van der Waals surface area contributed by atoms with Crippen molar-refractivity contribution in [2.24, 2.45) is 0 Å². The molecule has 0 radical (unpaired) electrons. The van der Waals surface area contributed by atoms with Crippen LogP contribution in [0.25, 0.3) is 0 Å². The van der Waals surface area contributed by atoms with Gasteiger partial charge in [-0.1, -0.05) is 28.5 Å². The second-order valence-electron chi connectivity index (χ2n) is 6.19. The van der Waals surface area contributed by atoms with E-state index in [1.807, 2.05) is 26.8 Å². The van der Waals surface area contributed by atoms with Crippen LogP contribution in [0.3, 0.4) is 0 Å². The van der Waals surface area contributed by atoms with E-state index in [2.05, 4.69) is 16.4 Å². The Bertz CT molecular complexity index is 770. The molecule has 30 heavy (non-hydrogen) atoms. The number of nitrogens with zero attached hydrogens (tertiary/aromatic N) is 3. The number of allylic oxidation sites excluding steroid dienone is 4. The Kier molecular flexibility index (Phi) is 23.1. The quantitative estimate of drug-likeness (QED) is 0.184. The molecule has 148 valence electrons. The Morgan fingerprint density at radius 2 is 1.57 bits per heavy atom. The predicted octanol–water partition coefficient (Wildman–Crippen LogP) is -12.0. The van der Waals surface area contributed by atoms with Crippen molar-refractivity contribution in [3.63, 3.8) is 0 Å². The molecule has 1 aromatic rings. The summed E-state index contributed by atoms with van der Waals surface area (Å²) in [6, 6.07) is 0. The number of hydrogen-bond acceptors (Lipinski definition) is 8. The standard InChI is InChI=1S/C14H24FN3O6P2.4Na/c1-11(2)5-4-6-12(3)7-8-18-10-13(16-17-18)9-14(15,25(19,20)21)26(22,23)24;;;;/h5,7,10H,4,6,8-9H2,1-3H3,(H2,19,20,21)(H2,22,23,24);;;;/q;4*+1/p-4/b12-7+;;;;. The van der Waals surface area contributed by atoms with Gasteiger partial charge >= 0.3 is 118 Å². The molecule has 0 fully saturated rings. The van der Waals surface area contributed by atoms with Crippen LogP contribution < -0.4 is 138 Å². The second-order valence-corrected chi connectivity index (χ2v) is 9.95. The van der Waals surface area contributed by atoms with Gasteiger partial charge in [0.15, 0.2) is 5.15 Å². The molecule has 1 heterocycles. The van der Waals surface area contributed by atoms with E-state index >= 15 is 0 Å². The molecular weight excluding hydrogens is 479 g/mol. The van der Waals surface area contributed by atoms with E-state index in [4.69, 9.17) is 0 Å². The van der Waals surface area contributed by atoms with Crippen LogP contribution >= 0.6 is 15.2 Å². The topological polar surface area (TPSA) is 157 Å².